The van der Waals surface area contributed by atoms with Crippen molar-refractivity contribution < 1.29 is 4.39 Å². The lowest BCUT2D eigenvalue weighted by atomic mass is 9.90. The zero-order chi connectivity index (χ0) is 24.4. The number of rotatable bonds is 7. The Labute approximate surface area is 205 Å². The van der Waals surface area contributed by atoms with E-state index in [0.717, 1.165) is 43.4 Å². The zero-order valence-electron chi connectivity index (χ0n) is 20.5. The van der Waals surface area contributed by atoms with E-state index in [1.165, 1.54) is 11.6 Å². The van der Waals surface area contributed by atoms with Crippen LogP contribution in [0.3, 0.4) is 0 Å². The van der Waals surface area contributed by atoms with E-state index in [0.29, 0.717) is 29.1 Å². The molecule has 2 aromatic heterocycles. The molecule has 2 aromatic carbocycles. The molecule has 0 saturated heterocycles. The molecule has 7 nitrogen and oxygen atoms in total. The number of aromatic nitrogens is 4. The Balaban J connectivity index is 1.51. The number of aryl methyl sites for hydroxylation is 1. The fourth-order valence-electron chi connectivity index (χ4n) is 4.85. The number of benzene rings is 2. The standard InChI is InChI=1S/C27H32FN7/c1-4-18-9-11-19(12-10-18)30-26-29-17-24-25(33-26)35(21-15-13-20(14-16-21)34(2)3)27(32-24)31-23-8-6-5-7-22(23)28/h5-12,17,20-21H,4,13-16H2,1-3H3,(H,31,32)(H,29,30,33)/t20-,21-. The van der Waals surface area contributed by atoms with Crippen molar-refractivity contribution in [2.75, 3.05) is 24.7 Å². The molecule has 1 aliphatic carbocycles. The summed E-state index contributed by atoms with van der Waals surface area (Å²) in [6, 6.07) is 15.7. The third kappa shape index (κ3) is 4.98. The molecule has 0 atom stereocenters. The number of imidazole rings is 1. The van der Waals surface area contributed by atoms with Gasteiger partial charge >= 0.3 is 0 Å². The van der Waals surface area contributed by atoms with Gasteiger partial charge in [0.05, 0.1) is 11.9 Å². The molecule has 1 saturated carbocycles. The molecule has 35 heavy (non-hydrogen) atoms. The van der Waals surface area contributed by atoms with Crippen molar-refractivity contribution in [1.82, 2.24) is 24.4 Å². The smallest absolute Gasteiger partial charge is 0.229 e. The summed E-state index contributed by atoms with van der Waals surface area (Å²) < 4.78 is 16.6. The minimum atomic E-state index is -0.314. The molecule has 8 heteroatoms. The van der Waals surface area contributed by atoms with Crippen LogP contribution in [-0.2, 0) is 6.42 Å². The largest absolute Gasteiger partial charge is 0.324 e. The van der Waals surface area contributed by atoms with Gasteiger partial charge in [-0.25, -0.2) is 14.4 Å². The van der Waals surface area contributed by atoms with Gasteiger partial charge in [0.25, 0.3) is 0 Å². The number of nitrogens with zero attached hydrogens (tertiary/aromatic N) is 5. The van der Waals surface area contributed by atoms with E-state index in [4.69, 9.17) is 9.97 Å². The number of fused-ring (bicyclic) bond motifs is 1. The first-order chi connectivity index (χ1) is 17.0. The van der Waals surface area contributed by atoms with Crippen LogP contribution in [0.4, 0.5) is 27.7 Å². The average Bonchev–Trinajstić information content (AvgIpc) is 3.23. The predicted octanol–water partition coefficient (Wildman–Crippen LogP) is 6.06. The summed E-state index contributed by atoms with van der Waals surface area (Å²) >= 11 is 0. The highest BCUT2D eigenvalue weighted by molar-refractivity contribution is 5.77. The maximum absolute atomic E-state index is 14.5. The van der Waals surface area contributed by atoms with Gasteiger partial charge in [0.2, 0.25) is 11.9 Å². The highest BCUT2D eigenvalue weighted by Gasteiger charge is 2.28. The summed E-state index contributed by atoms with van der Waals surface area (Å²) in [5.74, 6) is 0.797. The van der Waals surface area contributed by atoms with E-state index in [9.17, 15) is 4.39 Å². The van der Waals surface area contributed by atoms with Crippen LogP contribution >= 0.6 is 0 Å². The number of para-hydroxylation sites is 1. The number of hydrogen-bond acceptors (Lipinski definition) is 6. The van der Waals surface area contributed by atoms with Gasteiger partial charge in [0, 0.05) is 17.8 Å². The molecule has 5 rings (SSSR count). The Morgan fingerprint density at radius 2 is 1.71 bits per heavy atom. The molecule has 1 fully saturated rings. The lowest BCUT2D eigenvalue weighted by Gasteiger charge is -2.33. The number of halogens is 1. The van der Waals surface area contributed by atoms with E-state index in [2.05, 4.69) is 58.2 Å². The van der Waals surface area contributed by atoms with Crippen LogP contribution < -0.4 is 10.6 Å². The summed E-state index contributed by atoms with van der Waals surface area (Å²) in [4.78, 5) is 16.4. The summed E-state index contributed by atoms with van der Waals surface area (Å²) in [7, 11) is 4.28. The average molecular weight is 474 g/mol. The van der Waals surface area contributed by atoms with Gasteiger partial charge in [-0.1, -0.05) is 31.2 Å². The van der Waals surface area contributed by atoms with Crippen LogP contribution in [0.2, 0.25) is 0 Å². The van der Waals surface area contributed by atoms with Crippen LogP contribution in [0, 0.1) is 5.82 Å². The molecule has 2 N–H and O–H groups in total. The van der Waals surface area contributed by atoms with E-state index < -0.39 is 0 Å². The quantitative estimate of drug-likeness (QED) is 0.340. The molecule has 0 bridgehead atoms. The number of anilines is 4. The van der Waals surface area contributed by atoms with Crippen LogP contribution in [-0.4, -0.2) is 44.6 Å². The molecule has 2 heterocycles. The first-order valence-corrected chi connectivity index (χ1v) is 12.3. The fourth-order valence-corrected chi connectivity index (χ4v) is 4.85. The minimum Gasteiger partial charge on any atom is -0.324 e. The van der Waals surface area contributed by atoms with Gasteiger partial charge in [0.1, 0.15) is 11.3 Å². The van der Waals surface area contributed by atoms with Gasteiger partial charge in [-0.15, -0.1) is 0 Å². The molecule has 1 aliphatic rings. The summed E-state index contributed by atoms with van der Waals surface area (Å²) in [5, 5.41) is 6.54. The van der Waals surface area contributed by atoms with Gasteiger partial charge in [-0.3, -0.25) is 4.57 Å². The first kappa shape index (κ1) is 23.2. The summed E-state index contributed by atoms with van der Waals surface area (Å²) in [5.41, 5.74) is 4.05. The fraction of sp³-hybridized carbons (Fsp3) is 0.370. The van der Waals surface area contributed by atoms with Crippen LogP contribution in [0.5, 0.6) is 0 Å². The van der Waals surface area contributed by atoms with Gasteiger partial charge in [0.15, 0.2) is 5.65 Å². The summed E-state index contributed by atoms with van der Waals surface area (Å²) in [6.45, 7) is 2.14. The second-order valence-corrected chi connectivity index (χ2v) is 9.41. The molecular formula is C27H32FN7. The predicted molar refractivity (Wildman–Crippen MR) is 139 cm³/mol. The molecule has 0 spiro atoms. The number of nitrogens with one attached hydrogen (secondary N) is 2. The Bertz CT molecular complexity index is 1290. The van der Waals surface area contributed by atoms with E-state index in [1.54, 1.807) is 18.3 Å². The molecule has 0 unspecified atom stereocenters. The second kappa shape index (κ2) is 10.00. The normalized spacial score (nSPS) is 18.2. The van der Waals surface area contributed by atoms with Crippen LogP contribution in [0.15, 0.2) is 54.7 Å². The minimum absolute atomic E-state index is 0.220. The van der Waals surface area contributed by atoms with Crippen molar-refractivity contribution in [3.05, 3.63) is 66.1 Å². The Hall–Kier alpha value is -3.52. The molecular weight excluding hydrogens is 441 g/mol. The lowest BCUT2D eigenvalue weighted by Crippen LogP contribution is -2.33. The Kier molecular flexibility index (Phi) is 6.63. The third-order valence-corrected chi connectivity index (χ3v) is 6.93. The first-order valence-electron chi connectivity index (χ1n) is 12.3. The molecule has 0 radical (unpaired) electrons. The van der Waals surface area contributed by atoms with Crippen LogP contribution in [0.1, 0.15) is 44.2 Å². The molecule has 182 valence electrons. The lowest BCUT2D eigenvalue weighted by molar-refractivity contribution is 0.197. The van der Waals surface area contributed by atoms with E-state index in [-0.39, 0.29) is 11.9 Å². The maximum Gasteiger partial charge on any atom is 0.229 e. The van der Waals surface area contributed by atoms with Crippen molar-refractivity contribution in [2.24, 2.45) is 0 Å². The SMILES string of the molecule is CCc1ccc(Nc2ncc3nc(Nc4ccccc4F)n([C@H]4CC[C@H](N(C)C)CC4)c3n2)cc1. The van der Waals surface area contributed by atoms with E-state index >= 15 is 0 Å². The van der Waals surface area contributed by atoms with Crippen molar-refractivity contribution in [3.8, 4) is 0 Å². The monoisotopic (exact) mass is 473 g/mol. The van der Waals surface area contributed by atoms with Gasteiger partial charge in [-0.05, 0) is 76.0 Å². The topological polar surface area (TPSA) is 70.9 Å². The van der Waals surface area contributed by atoms with Crippen molar-refractivity contribution >= 4 is 34.4 Å². The van der Waals surface area contributed by atoms with Crippen molar-refractivity contribution in [1.29, 1.82) is 0 Å². The van der Waals surface area contributed by atoms with Crippen LogP contribution in [0.25, 0.3) is 11.2 Å². The highest BCUT2D eigenvalue weighted by atomic mass is 19.1. The molecule has 0 aliphatic heterocycles. The third-order valence-electron chi connectivity index (χ3n) is 6.93. The maximum atomic E-state index is 14.5. The highest BCUT2D eigenvalue weighted by Crippen LogP contribution is 2.36. The molecule has 4 aromatic rings. The van der Waals surface area contributed by atoms with Gasteiger partial charge in [-0.2, -0.15) is 4.98 Å². The van der Waals surface area contributed by atoms with Crippen molar-refractivity contribution in [2.45, 2.75) is 51.1 Å². The summed E-state index contributed by atoms with van der Waals surface area (Å²) in [6.07, 6.45) is 6.93. The van der Waals surface area contributed by atoms with Crippen molar-refractivity contribution in [3.63, 3.8) is 0 Å². The Morgan fingerprint density at radius 3 is 2.40 bits per heavy atom. The second-order valence-electron chi connectivity index (χ2n) is 9.41. The van der Waals surface area contributed by atoms with Gasteiger partial charge < -0.3 is 15.5 Å². The molecule has 0 amide bonds. The van der Waals surface area contributed by atoms with E-state index in [1.807, 2.05) is 18.2 Å². The Morgan fingerprint density at radius 1 is 0.971 bits per heavy atom. The number of hydrogen-bond donors (Lipinski definition) is 2. The zero-order valence-corrected chi connectivity index (χ0v) is 20.5.